The second-order valence-electron chi connectivity index (χ2n) is 10.6. The number of ether oxygens (including phenoxy) is 1. The lowest BCUT2D eigenvalue weighted by Crippen LogP contribution is -2.53. The molecule has 2 amide bonds. The van der Waals surface area contributed by atoms with Crippen LogP contribution in [0.25, 0.3) is 0 Å². The van der Waals surface area contributed by atoms with Crippen molar-refractivity contribution in [1.29, 1.82) is 0 Å². The summed E-state index contributed by atoms with van der Waals surface area (Å²) in [6, 6.07) is 23.9. The van der Waals surface area contributed by atoms with Crippen LogP contribution in [-0.2, 0) is 26.0 Å². The predicted molar refractivity (Wildman–Crippen MR) is 165 cm³/mol. The van der Waals surface area contributed by atoms with Crippen molar-refractivity contribution in [2.45, 2.75) is 69.4 Å². The van der Waals surface area contributed by atoms with Crippen LogP contribution in [0, 0.1) is 0 Å². The van der Waals surface area contributed by atoms with Crippen molar-refractivity contribution in [2.24, 2.45) is 0 Å². The number of anilines is 1. The van der Waals surface area contributed by atoms with Crippen molar-refractivity contribution >= 4 is 27.5 Å². The summed E-state index contributed by atoms with van der Waals surface area (Å²) in [4.78, 5) is 29.1. The number of hydrogen-bond donors (Lipinski definition) is 1. The number of nitrogens with one attached hydrogen (secondary N) is 1. The highest BCUT2D eigenvalue weighted by Gasteiger charge is 2.34. The summed E-state index contributed by atoms with van der Waals surface area (Å²) in [5, 5.41) is 3.13. The Morgan fingerprint density at radius 3 is 2.19 bits per heavy atom. The fourth-order valence-corrected chi connectivity index (χ4v) is 6.76. The van der Waals surface area contributed by atoms with E-state index in [1.165, 1.54) is 23.5 Å². The van der Waals surface area contributed by atoms with Gasteiger partial charge in [-0.2, -0.15) is 0 Å². The van der Waals surface area contributed by atoms with E-state index in [-0.39, 0.29) is 29.1 Å². The zero-order valence-electron chi connectivity index (χ0n) is 24.4. The van der Waals surface area contributed by atoms with Gasteiger partial charge in [-0.15, -0.1) is 0 Å². The first-order chi connectivity index (χ1) is 20.3. The Hall–Kier alpha value is -3.85. The molecule has 1 aliphatic carbocycles. The Morgan fingerprint density at radius 1 is 0.905 bits per heavy atom. The van der Waals surface area contributed by atoms with Crippen molar-refractivity contribution in [3.05, 3.63) is 90.5 Å². The van der Waals surface area contributed by atoms with Gasteiger partial charge >= 0.3 is 0 Å². The van der Waals surface area contributed by atoms with E-state index in [1.807, 2.05) is 37.3 Å². The molecule has 8 nitrogen and oxygen atoms in total. The maximum atomic E-state index is 14.1. The van der Waals surface area contributed by atoms with E-state index < -0.39 is 28.5 Å². The van der Waals surface area contributed by atoms with E-state index >= 15 is 0 Å². The van der Waals surface area contributed by atoms with Crippen LogP contribution in [-0.4, -0.2) is 56.9 Å². The third-order valence-electron chi connectivity index (χ3n) is 7.65. The molecule has 9 heteroatoms. The van der Waals surface area contributed by atoms with Crippen LogP contribution < -0.4 is 14.4 Å². The Labute approximate surface area is 249 Å². The lowest BCUT2D eigenvalue weighted by atomic mass is 9.95. The largest absolute Gasteiger partial charge is 0.492 e. The van der Waals surface area contributed by atoms with Gasteiger partial charge in [0.15, 0.2) is 0 Å². The number of amides is 2. The Kier molecular flexibility index (Phi) is 11.0. The van der Waals surface area contributed by atoms with Crippen molar-refractivity contribution < 1.29 is 22.7 Å². The van der Waals surface area contributed by atoms with Crippen LogP contribution in [0.1, 0.15) is 51.5 Å². The van der Waals surface area contributed by atoms with Crippen LogP contribution in [0.3, 0.4) is 0 Å². The molecule has 0 heterocycles. The normalized spacial score (nSPS) is 14.5. The molecule has 1 atom stereocenters. The molecular weight excluding hydrogens is 550 g/mol. The van der Waals surface area contributed by atoms with E-state index in [2.05, 4.69) is 5.32 Å². The average molecular weight is 592 g/mol. The number of sulfonamides is 1. The smallest absolute Gasteiger partial charge is 0.264 e. The summed E-state index contributed by atoms with van der Waals surface area (Å²) in [6.45, 7) is 3.62. The summed E-state index contributed by atoms with van der Waals surface area (Å²) in [6.07, 6.45) is 5.68. The number of benzene rings is 3. The minimum Gasteiger partial charge on any atom is -0.492 e. The minimum absolute atomic E-state index is 0.0584. The highest BCUT2D eigenvalue weighted by Crippen LogP contribution is 2.32. The first-order valence-electron chi connectivity index (χ1n) is 14.7. The SMILES string of the molecule is CCOc1ccccc1N(CC(=O)N(CCc1ccccc1)[C@@H](C)C(=O)NC1CCCCC1)S(=O)(=O)c1ccccc1. The van der Waals surface area contributed by atoms with Gasteiger partial charge < -0.3 is 15.0 Å². The summed E-state index contributed by atoms with van der Waals surface area (Å²) in [5.41, 5.74) is 1.28. The van der Waals surface area contributed by atoms with E-state index in [4.69, 9.17) is 4.74 Å². The molecule has 0 aliphatic heterocycles. The number of rotatable bonds is 13. The second kappa shape index (κ2) is 14.9. The third kappa shape index (κ3) is 7.91. The molecule has 0 saturated heterocycles. The zero-order valence-corrected chi connectivity index (χ0v) is 25.3. The van der Waals surface area contributed by atoms with Gasteiger partial charge in [-0.05, 0) is 62.9 Å². The van der Waals surface area contributed by atoms with Gasteiger partial charge in [-0.1, -0.05) is 79.9 Å². The van der Waals surface area contributed by atoms with Crippen LogP contribution >= 0.6 is 0 Å². The summed E-state index contributed by atoms with van der Waals surface area (Å²) in [5.74, 6) is -0.343. The molecule has 0 aromatic heterocycles. The lowest BCUT2D eigenvalue weighted by molar-refractivity contribution is -0.139. The van der Waals surface area contributed by atoms with Crippen molar-refractivity contribution in [3.8, 4) is 5.75 Å². The third-order valence-corrected chi connectivity index (χ3v) is 9.42. The number of carbonyl (C=O) groups excluding carboxylic acids is 2. The standard InChI is InChI=1S/C33H41N3O5S/c1-3-41-31-22-14-13-21-30(31)36(42(39,40)29-19-11-6-12-20-29)25-32(37)35(24-23-27-15-7-4-8-16-27)26(2)33(38)34-28-17-9-5-10-18-28/h4,6-8,11-16,19-22,26,28H,3,5,9-10,17-18,23-25H2,1-2H3,(H,34,38)/t26-/m0/s1. The van der Waals surface area contributed by atoms with Gasteiger partial charge in [0.05, 0.1) is 17.2 Å². The first-order valence-corrected chi connectivity index (χ1v) is 16.2. The molecule has 1 saturated carbocycles. The minimum atomic E-state index is -4.15. The molecule has 3 aromatic carbocycles. The predicted octanol–water partition coefficient (Wildman–Crippen LogP) is 5.19. The topological polar surface area (TPSA) is 96.0 Å². The van der Waals surface area contributed by atoms with Crippen molar-refractivity contribution in [3.63, 3.8) is 0 Å². The Balaban J connectivity index is 1.66. The van der Waals surface area contributed by atoms with Crippen LogP contribution in [0.5, 0.6) is 5.75 Å². The molecule has 42 heavy (non-hydrogen) atoms. The highest BCUT2D eigenvalue weighted by atomic mass is 32.2. The number of hydrogen-bond acceptors (Lipinski definition) is 5. The van der Waals surface area contributed by atoms with E-state index in [9.17, 15) is 18.0 Å². The van der Waals surface area contributed by atoms with Crippen LogP contribution in [0.15, 0.2) is 89.8 Å². The Bertz CT molecular complexity index is 1410. The van der Waals surface area contributed by atoms with Crippen molar-refractivity contribution in [2.75, 3.05) is 24.0 Å². The number of para-hydroxylation sites is 2. The van der Waals surface area contributed by atoms with Crippen molar-refractivity contribution in [1.82, 2.24) is 10.2 Å². The first kappa shape index (κ1) is 31.1. The molecule has 0 radical (unpaired) electrons. The number of nitrogens with zero attached hydrogens (tertiary/aromatic N) is 2. The fourth-order valence-electron chi connectivity index (χ4n) is 5.31. The van der Waals surface area contributed by atoms with E-state index in [1.54, 1.807) is 49.4 Å². The maximum Gasteiger partial charge on any atom is 0.264 e. The molecule has 1 N–H and O–H groups in total. The summed E-state index contributed by atoms with van der Waals surface area (Å²) < 4.78 is 34.9. The molecule has 224 valence electrons. The van der Waals surface area contributed by atoms with E-state index in [0.29, 0.717) is 18.8 Å². The molecule has 3 aromatic rings. The van der Waals surface area contributed by atoms with Crippen LogP contribution in [0.2, 0.25) is 0 Å². The van der Waals surface area contributed by atoms with Gasteiger partial charge in [0, 0.05) is 12.6 Å². The summed E-state index contributed by atoms with van der Waals surface area (Å²) >= 11 is 0. The number of carbonyl (C=O) groups is 2. The fraction of sp³-hybridized carbons (Fsp3) is 0.394. The molecule has 1 fully saturated rings. The molecule has 0 bridgehead atoms. The molecule has 0 spiro atoms. The average Bonchev–Trinajstić information content (AvgIpc) is 3.02. The van der Waals surface area contributed by atoms with Gasteiger partial charge in [-0.3, -0.25) is 13.9 Å². The summed E-state index contributed by atoms with van der Waals surface area (Å²) in [7, 11) is -4.15. The molecule has 0 unspecified atom stereocenters. The van der Waals surface area contributed by atoms with Gasteiger partial charge in [0.1, 0.15) is 18.3 Å². The van der Waals surface area contributed by atoms with Gasteiger partial charge in [-0.25, -0.2) is 8.42 Å². The quantitative estimate of drug-likeness (QED) is 0.295. The van der Waals surface area contributed by atoms with Crippen LogP contribution in [0.4, 0.5) is 5.69 Å². The molecule has 1 aliphatic rings. The molecule has 4 rings (SSSR count). The monoisotopic (exact) mass is 591 g/mol. The molecular formula is C33H41N3O5S. The lowest BCUT2D eigenvalue weighted by Gasteiger charge is -2.33. The van der Waals surface area contributed by atoms with Gasteiger partial charge in [0.25, 0.3) is 10.0 Å². The Morgan fingerprint density at radius 2 is 1.52 bits per heavy atom. The highest BCUT2D eigenvalue weighted by molar-refractivity contribution is 7.92. The zero-order chi connectivity index (χ0) is 30.0. The second-order valence-corrected chi connectivity index (χ2v) is 12.4. The van der Waals surface area contributed by atoms with Gasteiger partial charge in [0.2, 0.25) is 11.8 Å². The maximum absolute atomic E-state index is 14.1. The van der Waals surface area contributed by atoms with E-state index in [0.717, 1.165) is 35.6 Å².